The maximum absolute atomic E-state index is 5.34. The van der Waals surface area contributed by atoms with Gasteiger partial charge in [0.25, 0.3) is 5.17 Å². The highest BCUT2D eigenvalue weighted by molar-refractivity contribution is 7.80. The van der Waals surface area contributed by atoms with E-state index in [-0.39, 0.29) is 0 Å². The summed E-state index contributed by atoms with van der Waals surface area (Å²) in [7, 11) is 0. The summed E-state index contributed by atoms with van der Waals surface area (Å²) >= 11 is 4.78. The second kappa shape index (κ2) is 4.51. The van der Waals surface area contributed by atoms with Gasteiger partial charge in [-0.1, -0.05) is 6.42 Å². The van der Waals surface area contributed by atoms with Gasteiger partial charge in [0, 0.05) is 0 Å². The van der Waals surface area contributed by atoms with Crippen molar-refractivity contribution in [3.8, 4) is 0 Å². The Morgan fingerprint density at radius 3 is 2.55 bits per heavy atom. The van der Waals surface area contributed by atoms with Gasteiger partial charge in [-0.15, -0.1) is 0 Å². The molecule has 0 bridgehead atoms. The SMILES string of the molecule is NNC(=S)OC1CCCCC1. The Hall–Kier alpha value is -0.350. The summed E-state index contributed by atoms with van der Waals surface area (Å²) in [5, 5.41) is 0.317. The topological polar surface area (TPSA) is 47.3 Å². The summed E-state index contributed by atoms with van der Waals surface area (Å²) in [6.07, 6.45) is 6.34. The van der Waals surface area contributed by atoms with Crippen LogP contribution >= 0.6 is 12.2 Å². The van der Waals surface area contributed by atoms with E-state index in [1.165, 1.54) is 19.3 Å². The zero-order valence-electron chi connectivity index (χ0n) is 6.51. The fourth-order valence-electron chi connectivity index (χ4n) is 1.37. The number of nitrogens with two attached hydrogens (primary N) is 1. The van der Waals surface area contributed by atoms with Crippen LogP contribution in [-0.4, -0.2) is 11.3 Å². The van der Waals surface area contributed by atoms with Gasteiger partial charge in [0.05, 0.1) is 0 Å². The first-order chi connectivity index (χ1) is 5.33. The molecule has 64 valence electrons. The smallest absolute Gasteiger partial charge is 0.271 e. The summed E-state index contributed by atoms with van der Waals surface area (Å²) < 4.78 is 5.34. The molecule has 1 saturated carbocycles. The zero-order chi connectivity index (χ0) is 8.10. The van der Waals surface area contributed by atoms with Crippen molar-refractivity contribution in [2.75, 3.05) is 0 Å². The monoisotopic (exact) mass is 174 g/mol. The van der Waals surface area contributed by atoms with Crippen molar-refractivity contribution < 1.29 is 4.74 Å². The molecule has 1 rings (SSSR count). The first-order valence-electron chi connectivity index (χ1n) is 4.00. The van der Waals surface area contributed by atoms with Crippen molar-refractivity contribution in [3.63, 3.8) is 0 Å². The average molecular weight is 174 g/mol. The summed E-state index contributed by atoms with van der Waals surface area (Å²) in [5.41, 5.74) is 2.32. The molecular formula is C7H14N2OS. The lowest BCUT2D eigenvalue weighted by Crippen LogP contribution is -2.34. The minimum absolute atomic E-state index is 0.298. The first-order valence-corrected chi connectivity index (χ1v) is 4.41. The van der Waals surface area contributed by atoms with Gasteiger partial charge in [-0.05, 0) is 37.9 Å². The average Bonchev–Trinajstić information content (AvgIpc) is 2.06. The lowest BCUT2D eigenvalue weighted by atomic mass is 9.98. The summed E-state index contributed by atoms with van der Waals surface area (Å²) in [6.45, 7) is 0. The number of hydrazine groups is 1. The van der Waals surface area contributed by atoms with Crippen molar-refractivity contribution in [3.05, 3.63) is 0 Å². The molecule has 0 aromatic carbocycles. The van der Waals surface area contributed by atoms with Crippen molar-refractivity contribution in [2.24, 2.45) is 5.84 Å². The van der Waals surface area contributed by atoms with Gasteiger partial charge in [-0.25, -0.2) is 5.84 Å². The van der Waals surface area contributed by atoms with Gasteiger partial charge < -0.3 is 4.74 Å². The molecule has 3 nitrogen and oxygen atoms in total. The third kappa shape index (κ3) is 3.03. The molecule has 1 aliphatic carbocycles. The third-order valence-electron chi connectivity index (χ3n) is 1.94. The van der Waals surface area contributed by atoms with E-state index < -0.39 is 0 Å². The van der Waals surface area contributed by atoms with Gasteiger partial charge in [-0.2, -0.15) is 0 Å². The highest BCUT2D eigenvalue weighted by Crippen LogP contribution is 2.19. The summed E-state index contributed by atoms with van der Waals surface area (Å²) in [5.74, 6) is 5.07. The molecule has 0 unspecified atom stereocenters. The van der Waals surface area contributed by atoms with Gasteiger partial charge >= 0.3 is 0 Å². The molecule has 1 fully saturated rings. The lowest BCUT2D eigenvalue weighted by Gasteiger charge is -2.22. The Kier molecular flexibility index (Phi) is 3.59. The Bertz CT molecular complexity index is 134. The van der Waals surface area contributed by atoms with E-state index in [0.717, 1.165) is 12.8 Å². The van der Waals surface area contributed by atoms with Crippen LogP contribution in [0.15, 0.2) is 0 Å². The standard InChI is InChI=1S/C7H14N2OS/c8-9-7(11)10-6-4-2-1-3-5-6/h6H,1-5,8H2,(H,9,11). The largest absolute Gasteiger partial charge is 0.467 e. The molecule has 11 heavy (non-hydrogen) atoms. The summed E-state index contributed by atoms with van der Waals surface area (Å²) in [4.78, 5) is 0. The molecular weight excluding hydrogens is 160 g/mol. The quantitative estimate of drug-likeness (QED) is 0.355. The van der Waals surface area contributed by atoms with Gasteiger partial charge in [0.1, 0.15) is 6.10 Å². The molecule has 1 aliphatic rings. The van der Waals surface area contributed by atoms with E-state index in [9.17, 15) is 0 Å². The van der Waals surface area contributed by atoms with Crippen molar-refractivity contribution in [1.29, 1.82) is 0 Å². The predicted octanol–water partition coefficient (Wildman–Crippen LogP) is 1.08. The molecule has 0 radical (unpaired) electrons. The van der Waals surface area contributed by atoms with Gasteiger partial charge in [0.2, 0.25) is 0 Å². The third-order valence-corrected chi connectivity index (χ3v) is 2.16. The fourth-order valence-corrected chi connectivity index (χ4v) is 1.50. The molecule has 0 atom stereocenters. The molecule has 0 aromatic heterocycles. The van der Waals surface area contributed by atoms with Crippen LogP contribution in [0.2, 0.25) is 0 Å². The molecule has 3 N–H and O–H groups in total. The second-order valence-electron chi connectivity index (χ2n) is 2.81. The van der Waals surface area contributed by atoms with Crippen LogP contribution in [-0.2, 0) is 4.74 Å². The normalized spacial score (nSPS) is 19.4. The van der Waals surface area contributed by atoms with Crippen LogP contribution in [0.4, 0.5) is 0 Å². The minimum Gasteiger partial charge on any atom is -0.467 e. The van der Waals surface area contributed by atoms with Crippen LogP contribution in [0, 0.1) is 0 Å². The first kappa shape index (κ1) is 8.74. The molecule has 0 spiro atoms. The van der Waals surface area contributed by atoms with Crippen LogP contribution in [0.3, 0.4) is 0 Å². The van der Waals surface area contributed by atoms with Crippen LogP contribution < -0.4 is 11.3 Å². The number of nitrogens with one attached hydrogen (secondary N) is 1. The van der Waals surface area contributed by atoms with Crippen LogP contribution in [0.5, 0.6) is 0 Å². The number of hydrogen-bond acceptors (Lipinski definition) is 3. The molecule has 0 saturated heterocycles. The van der Waals surface area contributed by atoms with E-state index in [2.05, 4.69) is 5.43 Å². The van der Waals surface area contributed by atoms with Gasteiger partial charge in [0.15, 0.2) is 0 Å². The van der Waals surface area contributed by atoms with E-state index in [1.807, 2.05) is 0 Å². The number of ether oxygens (including phenoxy) is 1. The van der Waals surface area contributed by atoms with Crippen LogP contribution in [0.25, 0.3) is 0 Å². The highest BCUT2D eigenvalue weighted by Gasteiger charge is 2.14. The Balaban J connectivity index is 2.19. The van der Waals surface area contributed by atoms with Gasteiger partial charge in [-0.3, -0.25) is 5.43 Å². The van der Waals surface area contributed by atoms with E-state index in [4.69, 9.17) is 22.8 Å². The number of rotatable bonds is 1. The molecule has 4 heteroatoms. The Labute approximate surface area is 72.3 Å². The van der Waals surface area contributed by atoms with E-state index in [0.29, 0.717) is 11.3 Å². The zero-order valence-corrected chi connectivity index (χ0v) is 7.32. The molecule has 0 amide bonds. The summed E-state index contributed by atoms with van der Waals surface area (Å²) in [6, 6.07) is 0. The maximum atomic E-state index is 5.34. The lowest BCUT2D eigenvalue weighted by molar-refractivity contribution is 0.141. The molecule has 0 aromatic rings. The predicted molar refractivity (Wildman–Crippen MR) is 47.9 cm³/mol. The highest BCUT2D eigenvalue weighted by atomic mass is 32.1. The maximum Gasteiger partial charge on any atom is 0.271 e. The van der Waals surface area contributed by atoms with Crippen LogP contribution in [0.1, 0.15) is 32.1 Å². The second-order valence-corrected chi connectivity index (χ2v) is 3.18. The van der Waals surface area contributed by atoms with E-state index >= 15 is 0 Å². The number of hydrogen-bond donors (Lipinski definition) is 2. The van der Waals surface area contributed by atoms with Crippen molar-refractivity contribution in [2.45, 2.75) is 38.2 Å². The molecule has 0 heterocycles. The van der Waals surface area contributed by atoms with Crippen molar-refractivity contribution >= 4 is 17.4 Å². The fraction of sp³-hybridized carbons (Fsp3) is 0.857. The van der Waals surface area contributed by atoms with E-state index in [1.54, 1.807) is 0 Å². The molecule has 0 aliphatic heterocycles. The minimum atomic E-state index is 0.298. The number of thiocarbonyl (C=S) groups is 1. The Morgan fingerprint density at radius 1 is 1.36 bits per heavy atom. The Morgan fingerprint density at radius 2 is 2.00 bits per heavy atom. The van der Waals surface area contributed by atoms with Crippen molar-refractivity contribution in [1.82, 2.24) is 5.43 Å².